The van der Waals surface area contributed by atoms with E-state index in [0.29, 0.717) is 22.1 Å². The molecule has 0 saturated heterocycles. The zero-order chi connectivity index (χ0) is 13.1. The van der Waals surface area contributed by atoms with Gasteiger partial charge in [-0.2, -0.15) is 0 Å². The maximum absolute atomic E-state index is 7.49. The number of ether oxygens (including phenoxy) is 1. The van der Waals surface area contributed by atoms with Crippen molar-refractivity contribution < 1.29 is 4.74 Å². The Kier molecular flexibility index (Phi) is 3.48. The maximum Gasteiger partial charge on any atom is 0.145 e. The Balaban J connectivity index is 2.35. The van der Waals surface area contributed by atoms with Crippen molar-refractivity contribution in [2.45, 2.75) is 6.92 Å². The monoisotopic (exact) mass is 261 g/mol. The first-order valence-corrected chi connectivity index (χ1v) is 5.68. The van der Waals surface area contributed by atoms with Gasteiger partial charge in [0.05, 0.1) is 11.8 Å². The summed E-state index contributed by atoms with van der Waals surface area (Å²) in [5, 5.41) is 8.01. The average Bonchev–Trinajstić information content (AvgIpc) is 2.32. The van der Waals surface area contributed by atoms with E-state index in [2.05, 4.69) is 4.98 Å². The standard InChI is InChI=1S/C13H12ClN3O/c1-8-2-4-10(7-17-8)18-12-6-9(14)3-5-11(12)13(15)16/h2-7H,1H3,(H3,15,16). The minimum absolute atomic E-state index is 0.0678. The van der Waals surface area contributed by atoms with E-state index < -0.39 is 0 Å². The van der Waals surface area contributed by atoms with E-state index in [1.165, 1.54) is 0 Å². The predicted octanol–water partition coefficient (Wildman–Crippen LogP) is 3.12. The molecule has 0 aliphatic rings. The Morgan fingerprint density at radius 2 is 2.11 bits per heavy atom. The average molecular weight is 262 g/mol. The SMILES string of the molecule is Cc1ccc(Oc2cc(Cl)ccc2C(=N)N)cn1. The van der Waals surface area contributed by atoms with Crippen LogP contribution in [0, 0.1) is 12.3 Å². The Morgan fingerprint density at radius 3 is 2.72 bits per heavy atom. The third-order valence-electron chi connectivity index (χ3n) is 2.35. The molecule has 5 heteroatoms. The molecule has 0 bridgehead atoms. The summed E-state index contributed by atoms with van der Waals surface area (Å²) in [6.07, 6.45) is 1.61. The first-order valence-electron chi connectivity index (χ1n) is 5.31. The number of nitrogens with zero attached hydrogens (tertiary/aromatic N) is 1. The molecule has 2 aromatic rings. The third-order valence-corrected chi connectivity index (χ3v) is 2.58. The van der Waals surface area contributed by atoms with E-state index in [1.807, 2.05) is 13.0 Å². The summed E-state index contributed by atoms with van der Waals surface area (Å²) in [5.74, 6) is 0.952. The van der Waals surface area contributed by atoms with E-state index in [0.717, 1.165) is 5.69 Å². The van der Waals surface area contributed by atoms with Gasteiger partial charge in [0.1, 0.15) is 17.3 Å². The van der Waals surface area contributed by atoms with Crippen molar-refractivity contribution in [2.75, 3.05) is 0 Å². The van der Waals surface area contributed by atoms with Crippen molar-refractivity contribution in [1.82, 2.24) is 4.98 Å². The van der Waals surface area contributed by atoms with E-state index in [4.69, 9.17) is 27.5 Å². The van der Waals surface area contributed by atoms with Gasteiger partial charge in [-0.25, -0.2) is 0 Å². The van der Waals surface area contributed by atoms with Crippen LogP contribution in [0.1, 0.15) is 11.3 Å². The maximum atomic E-state index is 7.49. The van der Waals surface area contributed by atoms with Crippen LogP contribution in [0.2, 0.25) is 5.02 Å². The molecule has 92 valence electrons. The number of amidine groups is 1. The number of aromatic nitrogens is 1. The number of aryl methyl sites for hydroxylation is 1. The van der Waals surface area contributed by atoms with Gasteiger partial charge in [0, 0.05) is 16.8 Å². The van der Waals surface area contributed by atoms with Crippen LogP contribution in [0.3, 0.4) is 0 Å². The molecule has 0 aliphatic heterocycles. The molecule has 0 fully saturated rings. The Labute approximate surface area is 110 Å². The number of benzene rings is 1. The highest BCUT2D eigenvalue weighted by atomic mass is 35.5. The lowest BCUT2D eigenvalue weighted by Crippen LogP contribution is -2.12. The molecule has 0 aliphatic carbocycles. The summed E-state index contributed by atoms with van der Waals surface area (Å²) in [5.41, 5.74) is 6.89. The van der Waals surface area contributed by atoms with Gasteiger partial charge >= 0.3 is 0 Å². The number of rotatable bonds is 3. The van der Waals surface area contributed by atoms with Crippen molar-refractivity contribution in [2.24, 2.45) is 5.73 Å². The summed E-state index contributed by atoms with van der Waals surface area (Å²) < 4.78 is 5.64. The molecule has 18 heavy (non-hydrogen) atoms. The van der Waals surface area contributed by atoms with Crippen LogP contribution in [-0.4, -0.2) is 10.8 Å². The molecular formula is C13H12ClN3O. The van der Waals surface area contributed by atoms with Gasteiger partial charge in [-0.05, 0) is 31.2 Å². The highest BCUT2D eigenvalue weighted by molar-refractivity contribution is 6.30. The second-order valence-corrected chi connectivity index (χ2v) is 4.23. The number of nitrogens with one attached hydrogen (secondary N) is 1. The van der Waals surface area contributed by atoms with Crippen molar-refractivity contribution in [3.05, 3.63) is 52.8 Å². The molecule has 2 rings (SSSR count). The molecule has 0 atom stereocenters. The second kappa shape index (κ2) is 5.06. The smallest absolute Gasteiger partial charge is 0.145 e. The topological polar surface area (TPSA) is 72.0 Å². The quantitative estimate of drug-likeness (QED) is 0.659. The van der Waals surface area contributed by atoms with Crippen LogP contribution in [0.25, 0.3) is 0 Å². The van der Waals surface area contributed by atoms with Gasteiger partial charge in [-0.15, -0.1) is 0 Å². The minimum Gasteiger partial charge on any atom is -0.455 e. The molecule has 1 aromatic carbocycles. The van der Waals surface area contributed by atoms with Crippen LogP contribution < -0.4 is 10.5 Å². The highest BCUT2D eigenvalue weighted by Crippen LogP contribution is 2.27. The van der Waals surface area contributed by atoms with Gasteiger partial charge in [-0.1, -0.05) is 11.6 Å². The number of hydrogen-bond donors (Lipinski definition) is 2. The molecular weight excluding hydrogens is 250 g/mol. The predicted molar refractivity (Wildman–Crippen MR) is 71.5 cm³/mol. The molecule has 0 unspecified atom stereocenters. The van der Waals surface area contributed by atoms with Crippen molar-refractivity contribution in [3.63, 3.8) is 0 Å². The summed E-state index contributed by atoms with van der Waals surface area (Å²) in [6, 6.07) is 8.58. The van der Waals surface area contributed by atoms with Gasteiger partial charge < -0.3 is 10.5 Å². The fourth-order valence-corrected chi connectivity index (χ4v) is 1.61. The molecule has 1 heterocycles. The summed E-state index contributed by atoms with van der Waals surface area (Å²) in [4.78, 5) is 4.13. The van der Waals surface area contributed by atoms with Crippen molar-refractivity contribution >= 4 is 17.4 Å². The van der Waals surface area contributed by atoms with Gasteiger partial charge in [0.25, 0.3) is 0 Å². The fraction of sp³-hybridized carbons (Fsp3) is 0.0769. The molecule has 3 N–H and O–H groups in total. The van der Waals surface area contributed by atoms with Crippen LogP contribution in [-0.2, 0) is 0 Å². The lowest BCUT2D eigenvalue weighted by atomic mass is 10.2. The number of halogens is 1. The van der Waals surface area contributed by atoms with E-state index in [-0.39, 0.29) is 5.84 Å². The van der Waals surface area contributed by atoms with Gasteiger partial charge in [-0.3, -0.25) is 10.4 Å². The normalized spacial score (nSPS) is 10.1. The Hall–Kier alpha value is -2.07. The Morgan fingerprint density at radius 1 is 1.33 bits per heavy atom. The van der Waals surface area contributed by atoms with Crippen LogP contribution in [0.5, 0.6) is 11.5 Å². The van der Waals surface area contributed by atoms with Crippen LogP contribution in [0.15, 0.2) is 36.5 Å². The zero-order valence-electron chi connectivity index (χ0n) is 9.77. The first kappa shape index (κ1) is 12.4. The molecule has 0 spiro atoms. The number of pyridine rings is 1. The number of nitrogens with two attached hydrogens (primary N) is 1. The lowest BCUT2D eigenvalue weighted by Gasteiger charge is -2.10. The zero-order valence-corrected chi connectivity index (χ0v) is 10.5. The van der Waals surface area contributed by atoms with Crippen molar-refractivity contribution in [1.29, 1.82) is 5.41 Å². The van der Waals surface area contributed by atoms with Gasteiger partial charge in [0.15, 0.2) is 0 Å². The largest absolute Gasteiger partial charge is 0.455 e. The van der Waals surface area contributed by atoms with Gasteiger partial charge in [0.2, 0.25) is 0 Å². The van der Waals surface area contributed by atoms with Crippen molar-refractivity contribution in [3.8, 4) is 11.5 Å². The number of nitrogen functional groups attached to an aromatic ring is 1. The molecule has 1 aromatic heterocycles. The Bertz CT molecular complexity index is 581. The summed E-state index contributed by atoms with van der Waals surface area (Å²) >= 11 is 5.91. The van der Waals surface area contributed by atoms with E-state index in [1.54, 1.807) is 30.5 Å². The van der Waals surface area contributed by atoms with Crippen LogP contribution >= 0.6 is 11.6 Å². The summed E-state index contributed by atoms with van der Waals surface area (Å²) in [7, 11) is 0. The third kappa shape index (κ3) is 2.78. The lowest BCUT2D eigenvalue weighted by molar-refractivity contribution is 0.479. The highest BCUT2D eigenvalue weighted by Gasteiger charge is 2.08. The second-order valence-electron chi connectivity index (χ2n) is 3.79. The first-order chi connectivity index (χ1) is 8.56. The molecule has 0 radical (unpaired) electrons. The van der Waals surface area contributed by atoms with E-state index >= 15 is 0 Å². The summed E-state index contributed by atoms with van der Waals surface area (Å²) in [6.45, 7) is 1.89. The number of hydrogen-bond acceptors (Lipinski definition) is 3. The van der Waals surface area contributed by atoms with Crippen LogP contribution in [0.4, 0.5) is 0 Å². The minimum atomic E-state index is -0.0678. The van der Waals surface area contributed by atoms with E-state index in [9.17, 15) is 0 Å². The molecule has 0 saturated carbocycles. The molecule has 4 nitrogen and oxygen atoms in total. The fourth-order valence-electron chi connectivity index (χ4n) is 1.44. The molecule has 0 amide bonds.